The Morgan fingerprint density at radius 2 is 1.53 bits per heavy atom. The number of methoxy groups -OCH3 is 2. The Balaban J connectivity index is 1.62. The summed E-state index contributed by atoms with van der Waals surface area (Å²) in [5.74, 6) is 1.29. The van der Waals surface area contributed by atoms with Crippen molar-refractivity contribution in [1.82, 2.24) is 5.32 Å². The van der Waals surface area contributed by atoms with Gasteiger partial charge in [0.25, 0.3) is 15.9 Å². The second kappa shape index (κ2) is 11.3. The maximum atomic E-state index is 12.8. The molecule has 0 saturated heterocycles. The fourth-order valence-corrected chi connectivity index (χ4v) is 4.74. The van der Waals surface area contributed by atoms with Crippen molar-refractivity contribution in [1.29, 1.82) is 0 Å². The number of benzene rings is 3. The van der Waals surface area contributed by atoms with Gasteiger partial charge in [0.15, 0.2) is 18.1 Å². The third-order valence-corrected chi connectivity index (χ3v) is 7.24. The lowest BCUT2D eigenvalue weighted by Crippen LogP contribution is -2.31. The minimum Gasteiger partial charge on any atom is -0.493 e. The molecule has 0 unspecified atom stereocenters. The van der Waals surface area contributed by atoms with Crippen LogP contribution < -0.4 is 24.2 Å². The Morgan fingerprint density at radius 1 is 0.833 bits per heavy atom. The summed E-state index contributed by atoms with van der Waals surface area (Å²) in [6, 6.07) is 15.1. The smallest absolute Gasteiger partial charge is 0.261 e. The fourth-order valence-electron chi connectivity index (χ4n) is 3.60. The maximum absolute atomic E-state index is 12.8. The molecule has 0 aliphatic rings. The van der Waals surface area contributed by atoms with E-state index < -0.39 is 10.0 Å². The Hall–Kier alpha value is -3.72. The molecule has 0 heterocycles. The summed E-state index contributed by atoms with van der Waals surface area (Å²) in [7, 11) is -0.661. The third-order valence-electron chi connectivity index (χ3n) is 5.86. The number of amides is 1. The van der Waals surface area contributed by atoms with Crippen LogP contribution >= 0.6 is 0 Å². The third kappa shape index (κ3) is 6.48. The van der Waals surface area contributed by atoms with Crippen LogP contribution in [0.5, 0.6) is 17.2 Å². The van der Waals surface area contributed by atoms with Gasteiger partial charge in [-0.05, 0) is 92.4 Å². The summed E-state index contributed by atoms with van der Waals surface area (Å²) < 4.78 is 44.5. The molecule has 1 amide bonds. The van der Waals surface area contributed by atoms with Gasteiger partial charge in [-0.2, -0.15) is 0 Å². The second-order valence-corrected chi connectivity index (χ2v) is 10.2. The van der Waals surface area contributed by atoms with E-state index in [1.807, 2.05) is 32.9 Å². The minimum absolute atomic E-state index is 0.108. The van der Waals surface area contributed by atoms with Crippen molar-refractivity contribution in [2.45, 2.75) is 38.6 Å². The molecule has 1 atom stereocenters. The number of hydrogen-bond donors (Lipinski definition) is 2. The summed E-state index contributed by atoms with van der Waals surface area (Å²) in [6.07, 6.45) is 0. The van der Waals surface area contributed by atoms with E-state index in [2.05, 4.69) is 10.0 Å². The molecule has 0 bridgehead atoms. The van der Waals surface area contributed by atoms with Crippen LogP contribution in [-0.2, 0) is 14.8 Å². The topological polar surface area (TPSA) is 103 Å². The van der Waals surface area contributed by atoms with Crippen molar-refractivity contribution >= 4 is 21.6 Å². The van der Waals surface area contributed by atoms with Crippen molar-refractivity contribution in [3.8, 4) is 17.2 Å². The first-order chi connectivity index (χ1) is 17.0. The lowest BCUT2D eigenvalue weighted by molar-refractivity contribution is -0.123. The molecule has 3 rings (SSSR count). The first kappa shape index (κ1) is 26.9. The van der Waals surface area contributed by atoms with Gasteiger partial charge in [-0.3, -0.25) is 9.52 Å². The number of aryl methyl sites for hydroxylation is 3. The maximum Gasteiger partial charge on any atom is 0.261 e. The van der Waals surface area contributed by atoms with E-state index in [9.17, 15) is 13.2 Å². The number of hydrogen-bond acceptors (Lipinski definition) is 6. The molecule has 3 aromatic carbocycles. The van der Waals surface area contributed by atoms with Crippen LogP contribution in [0.3, 0.4) is 0 Å². The van der Waals surface area contributed by atoms with E-state index in [0.717, 1.165) is 16.7 Å². The molecule has 9 heteroatoms. The SMILES string of the molecule is COc1ccc([C@@H](C)NC(=O)COc2ccc(S(=O)(=O)Nc3ccc(C)c(C)c3)cc2C)cc1OC. The number of ether oxygens (including phenoxy) is 3. The second-order valence-electron chi connectivity index (χ2n) is 8.52. The van der Waals surface area contributed by atoms with Gasteiger partial charge in [0.2, 0.25) is 0 Å². The van der Waals surface area contributed by atoms with E-state index in [0.29, 0.717) is 28.5 Å². The molecule has 0 aromatic heterocycles. The predicted octanol–water partition coefficient (Wildman–Crippen LogP) is 4.69. The number of rotatable bonds is 10. The Labute approximate surface area is 212 Å². The van der Waals surface area contributed by atoms with Crippen LogP contribution in [0.4, 0.5) is 5.69 Å². The highest BCUT2D eigenvalue weighted by Crippen LogP contribution is 2.30. The largest absolute Gasteiger partial charge is 0.493 e. The summed E-state index contributed by atoms with van der Waals surface area (Å²) in [4.78, 5) is 12.6. The average molecular weight is 513 g/mol. The number of carbonyl (C=O) groups excluding carboxylic acids is 1. The highest BCUT2D eigenvalue weighted by molar-refractivity contribution is 7.92. The molecule has 8 nitrogen and oxygen atoms in total. The molecule has 2 N–H and O–H groups in total. The van der Waals surface area contributed by atoms with E-state index >= 15 is 0 Å². The zero-order valence-corrected chi connectivity index (χ0v) is 22.2. The van der Waals surface area contributed by atoms with Gasteiger partial charge < -0.3 is 19.5 Å². The number of anilines is 1. The van der Waals surface area contributed by atoms with Crippen molar-refractivity contribution in [2.24, 2.45) is 0 Å². The quantitative estimate of drug-likeness (QED) is 0.409. The van der Waals surface area contributed by atoms with E-state index in [4.69, 9.17) is 14.2 Å². The highest BCUT2D eigenvalue weighted by atomic mass is 32.2. The van der Waals surface area contributed by atoms with Gasteiger partial charge >= 0.3 is 0 Å². The van der Waals surface area contributed by atoms with Crippen LogP contribution in [0.1, 0.15) is 35.2 Å². The summed E-state index contributed by atoms with van der Waals surface area (Å²) in [5.41, 5.74) is 4.02. The first-order valence-corrected chi connectivity index (χ1v) is 12.9. The van der Waals surface area contributed by atoms with Crippen molar-refractivity contribution in [2.75, 3.05) is 25.5 Å². The molecule has 0 spiro atoms. The van der Waals surface area contributed by atoms with Crippen molar-refractivity contribution in [3.05, 3.63) is 76.9 Å². The summed E-state index contributed by atoms with van der Waals surface area (Å²) >= 11 is 0. The first-order valence-electron chi connectivity index (χ1n) is 11.4. The Kier molecular flexibility index (Phi) is 8.47. The van der Waals surface area contributed by atoms with Gasteiger partial charge in [-0.15, -0.1) is 0 Å². The van der Waals surface area contributed by atoms with E-state index in [1.54, 1.807) is 51.5 Å². The van der Waals surface area contributed by atoms with Gasteiger partial charge in [-0.25, -0.2) is 8.42 Å². The van der Waals surface area contributed by atoms with E-state index in [-0.39, 0.29) is 23.5 Å². The molecular formula is C27H32N2O6S. The Bertz CT molecular complexity index is 1350. The zero-order chi connectivity index (χ0) is 26.5. The summed E-state index contributed by atoms with van der Waals surface area (Å²) in [5, 5.41) is 2.88. The fraction of sp³-hybridized carbons (Fsp3) is 0.296. The minimum atomic E-state index is -3.77. The molecule has 0 aliphatic carbocycles. The predicted molar refractivity (Wildman–Crippen MR) is 140 cm³/mol. The molecule has 0 fully saturated rings. The Morgan fingerprint density at radius 3 is 2.17 bits per heavy atom. The molecular weight excluding hydrogens is 480 g/mol. The van der Waals surface area contributed by atoms with Gasteiger partial charge in [0.1, 0.15) is 5.75 Å². The van der Waals surface area contributed by atoms with Crippen molar-refractivity contribution < 1.29 is 27.4 Å². The number of nitrogens with one attached hydrogen (secondary N) is 2. The average Bonchev–Trinajstić information content (AvgIpc) is 2.84. The van der Waals surface area contributed by atoms with Crippen LogP contribution in [0.2, 0.25) is 0 Å². The molecule has 0 aliphatic heterocycles. The standard InChI is InChI=1S/C27H32N2O6S/c1-17-7-9-22(13-18(17)2)29-36(31,32)23-10-12-24(19(3)14-23)35-16-27(30)28-20(4)21-8-11-25(33-5)26(15-21)34-6/h7-15,20,29H,16H2,1-6H3,(H,28,30)/t20-/m1/s1. The molecule has 3 aromatic rings. The summed E-state index contributed by atoms with van der Waals surface area (Å²) in [6.45, 7) is 7.26. The van der Waals surface area contributed by atoms with Gasteiger partial charge in [0, 0.05) is 5.69 Å². The lowest BCUT2D eigenvalue weighted by atomic mass is 10.1. The lowest BCUT2D eigenvalue weighted by Gasteiger charge is -2.17. The monoisotopic (exact) mass is 512 g/mol. The van der Waals surface area contributed by atoms with E-state index in [1.165, 1.54) is 12.1 Å². The normalized spacial score (nSPS) is 11.9. The van der Waals surface area contributed by atoms with Crippen LogP contribution in [0, 0.1) is 20.8 Å². The molecule has 0 saturated carbocycles. The van der Waals surface area contributed by atoms with Crippen LogP contribution in [0.15, 0.2) is 59.5 Å². The van der Waals surface area contributed by atoms with Crippen LogP contribution in [0.25, 0.3) is 0 Å². The van der Waals surface area contributed by atoms with Gasteiger partial charge in [-0.1, -0.05) is 12.1 Å². The molecule has 0 radical (unpaired) electrons. The number of carbonyl (C=O) groups is 1. The van der Waals surface area contributed by atoms with Gasteiger partial charge in [0.05, 0.1) is 25.2 Å². The molecule has 192 valence electrons. The van der Waals surface area contributed by atoms with Crippen molar-refractivity contribution in [3.63, 3.8) is 0 Å². The highest BCUT2D eigenvalue weighted by Gasteiger charge is 2.17. The zero-order valence-electron chi connectivity index (χ0n) is 21.3. The molecule has 36 heavy (non-hydrogen) atoms. The van der Waals surface area contributed by atoms with Crippen LogP contribution in [-0.4, -0.2) is 35.2 Å². The number of sulfonamides is 1.